The van der Waals surface area contributed by atoms with Crippen molar-refractivity contribution < 1.29 is 0 Å². The van der Waals surface area contributed by atoms with Gasteiger partial charge in [-0.05, 0) is 31.7 Å². The van der Waals surface area contributed by atoms with Crippen LogP contribution in [0, 0.1) is 6.92 Å². The molecule has 5 heteroatoms. The molecule has 2 aromatic heterocycles. The van der Waals surface area contributed by atoms with E-state index < -0.39 is 0 Å². The van der Waals surface area contributed by atoms with Crippen molar-refractivity contribution in [2.45, 2.75) is 53.4 Å². The average Bonchev–Trinajstić information content (AvgIpc) is 2.50. The van der Waals surface area contributed by atoms with Gasteiger partial charge in [-0.15, -0.1) is 5.10 Å². The lowest BCUT2D eigenvalue weighted by Crippen LogP contribution is -2.24. The smallest absolute Gasteiger partial charge is 0.254 e. The van der Waals surface area contributed by atoms with Gasteiger partial charge in [-0.1, -0.05) is 39.3 Å². The van der Waals surface area contributed by atoms with Crippen LogP contribution in [0.5, 0.6) is 0 Å². The molecule has 0 bridgehead atoms. The maximum atomic E-state index is 12.5. The summed E-state index contributed by atoms with van der Waals surface area (Å²) in [6, 6.07) is 1.89. The topological polar surface area (TPSA) is 47.8 Å². The summed E-state index contributed by atoms with van der Waals surface area (Å²) in [5.74, 6) is 0.257. The summed E-state index contributed by atoms with van der Waals surface area (Å²) < 4.78 is 1.64. The number of nitrogens with zero attached hydrogens (tertiary/aromatic N) is 3. The van der Waals surface area contributed by atoms with Gasteiger partial charge in [0, 0.05) is 18.0 Å². The molecule has 0 aliphatic carbocycles. The number of halogens is 1. The monoisotopic (exact) mass is 309 g/mol. The van der Waals surface area contributed by atoms with Gasteiger partial charge in [0.2, 0.25) is 0 Å². The molecule has 0 radical (unpaired) electrons. The standard InChI is InChI=1S/C14H18ClN3O.C2H6/c1-5-9(6-2)10-7-11-12(18(4)14(10)19)8(3)16-17-13(11)15;1-2/h7,9H,5-6H2,1-4H3;1-2H3. The van der Waals surface area contributed by atoms with E-state index >= 15 is 0 Å². The van der Waals surface area contributed by atoms with Crippen molar-refractivity contribution in [1.82, 2.24) is 14.8 Å². The van der Waals surface area contributed by atoms with E-state index in [0.29, 0.717) is 5.15 Å². The zero-order chi connectivity index (χ0) is 16.2. The first kappa shape index (κ1) is 17.6. The fraction of sp³-hybridized carbons (Fsp3) is 0.562. The Morgan fingerprint density at radius 3 is 2.33 bits per heavy atom. The minimum Gasteiger partial charge on any atom is -0.309 e. The number of hydrogen-bond acceptors (Lipinski definition) is 3. The Balaban J connectivity index is 0.00000106. The molecule has 2 rings (SSSR count). The molecule has 0 N–H and O–H groups in total. The molecule has 0 spiro atoms. The van der Waals surface area contributed by atoms with Crippen LogP contribution in [0.4, 0.5) is 0 Å². The van der Waals surface area contributed by atoms with Gasteiger partial charge in [0.25, 0.3) is 5.56 Å². The molecular formula is C16H24ClN3O. The molecule has 0 saturated carbocycles. The van der Waals surface area contributed by atoms with E-state index in [1.54, 1.807) is 11.6 Å². The van der Waals surface area contributed by atoms with Gasteiger partial charge in [0.05, 0.1) is 11.2 Å². The largest absolute Gasteiger partial charge is 0.309 e. The van der Waals surface area contributed by atoms with Crippen molar-refractivity contribution in [2.24, 2.45) is 7.05 Å². The van der Waals surface area contributed by atoms with Gasteiger partial charge >= 0.3 is 0 Å². The first-order valence-corrected chi connectivity index (χ1v) is 7.91. The number of hydrogen-bond donors (Lipinski definition) is 0. The van der Waals surface area contributed by atoms with Gasteiger partial charge in [-0.3, -0.25) is 4.79 Å². The number of rotatable bonds is 3. The predicted molar refractivity (Wildman–Crippen MR) is 89.2 cm³/mol. The third-order valence-corrected chi connectivity index (χ3v) is 4.00. The highest BCUT2D eigenvalue weighted by Gasteiger charge is 2.17. The maximum Gasteiger partial charge on any atom is 0.254 e. The zero-order valence-electron chi connectivity index (χ0n) is 13.7. The highest BCUT2D eigenvalue weighted by atomic mass is 35.5. The Morgan fingerprint density at radius 2 is 1.81 bits per heavy atom. The molecule has 0 aromatic carbocycles. The summed E-state index contributed by atoms with van der Waals surface area (Å²) in [5, 5.41) is 9.07. The van der Waals surface area contributed by atoms with Crippen LogP contribution in [0.25, 0.3) is 10.9 Å². The van der Waals surface area contributed by atoms with Crippen LogP contribution in [-0.2, 0) is 7.05 Å². The van der Waals surface area contributed by atoms with E-state index in [2.05, 4.69) is 24.0 Å². The molecule has 0 amide bonds. The second-order valence-electron chi connectivity index (χ2n) is 4.82. The summed E-state index contributed by atoms with van der Waals surface area (Å²) >= 11 is 6.13. The molecule has 2 aromatic rings. The molecule has 116 valence electrons. The second-order valence-corrected chi connectivity index (χ2v) is 5.17. The minimum atomic E-state index is 0.0355. The highest BCUT2D eigenvalue weighted by Crippen LogP contribution is 2.27. The van der Waals surface area contributed by atoms with Crippen LogP contribution < -0.4 is 5.56 Å². The lowest BCUT2D eigenvalue weighted by atomic mass is 9.94. The maximum absolute atomic E-state index is 12.5. The number of aryl methyl sites for hydroxylation is 2. The van der Waals surface area contributed by atoms with Gasteiger partial charge < -0.3 is 4.57 Å². The molecule has 0 unspecified atom stereocenters. The normalized spacial score (nSPS) is 10.7. The lowest BCUT2D eigenvalue weighted by Gasteiger charge is -2.16. The first-order valence-electron chi connectivity index (χ1n) is 7.53. The molecule has 0 fully saturated rings. The number of pyridine rings is 1. The Kier molecular flexibility index (Phi) is 6.34. The predicted octanol–water partition coefficient (Wildman–Crippen LogP) is 4.22. The van der Waals surface area contributed by atoms with Crippen LogP contribution in [0.15, 0.2) is 10.9 Å². The van der Waals surface area contributed by atoms with Gasteiger partial charge in [0.1, 0.15) is 0 Å². The lowest BCUT2D eigenvalue weighted by molar-refractivity contribution is 0.628. The zero-order valence-corrected chi connectivity index (χ0v) is 14.5. The van der Waals surface area contributed by atoms with E-state index in [1.807, 2.05) is 26.8 Å². The molecule has 0 aliphatic heterocycles. The molecule has 0 atom stereocenters. The SMILES string of the molecule is CC.CCC(CC)c1cc2c(Cl)nnc(C)c2n(C)c1=O. The molecule has 2 heterocycles. The van der Waals surface area contributed by atoms with Crippen molar-refractivity contribution in [3.63, 3.8) is 0 Å². The number of aromatic nitrogens is 3. The van der Waals surface area contributed by atoms with Crippen molar-refractivity contribution >= 4 is 22.5 Å². The van der Waals surface area contributed by atoms with E-state index in [4.69, 9.17) is 11.6 Å². The van der Waals surface area contributed by atoms with Crippen molar-refractivity contribution in [3.8, 4) is 0 Å². The number of fused-ring (bicyclic) bond motifs is 1. The van der Waals surface area contributed by atoms with Gasteiger partial charge in [-0.2, -0.15) is 5.10 Å². The van der Waals surface area contributed by atoms with Crippen molar-refractivity contribution in [2.75, 3.05) is 0 Å². The van der Waals surface area contributed by atoms with Gasteiger partial charge in [0.15, 0.2) is 5.15 Å². The Labute approximate surface area is 131 Å². The summed E-state index contributed by atoms with van der Waals surface area (Å²) in [7, 11) is 1.77. The van der Waals surface area contributed by atoms with E-state index in [0.717, 1.165) is 35.0 Å². The second kappa shape index (κ2) is 7.55. The fourth-order valence-electron chi connectivity index (χ4n) is 2.60. The molecule has 0 saturated heterocycles. The van der Waals surface area contributed by atoms with Crippen LogP contribution in [0.3, 0.4) is 0 Å². The summed E-state index contributed by atoms with van der Waals surface area (Å²) in [6.45, 7) is 10.0. The van der Waals surface area contributed by atoms with Crippen molar-refractivity contribution in [3.05, 3.63) is 32.8 Å². The Hall–Kier alpha value is -1.42. The molecule has 0 aliphatic rings. The van der Waals surface area contributed by atoms with Crippen LogP contribution in [0.2, 0.25) is 5.15 Å². The highest BCUT2D eigenvalue weighted by molar-refractivity contribution is 6.34. The van der Waals surface area contributed by atoms with E-state index in [-0.39, 0.29) is 11.5 Å². The Morgan fingerprint density at radius 1 is 1.24 bits per heavy atom. The average molecular weight is 310 g/mol. The van der Waals surface area contributed by atoms with E-state index in [1.165, 1.54) is 0 Å². The third-order valence-electron chi connectivity index (χ3n) is 3.72. The summed E-state index contributed by atoms with van der Waals surface area (Å²) in [5.41, 5.74) is 2.33. The summed E-state index contributed by atoms with van der Waals surface area (Å²) in [4.78, 5) is 12.5. The Bertz CT molecular complexity index is 675. The quantitative estimate of drug-likeness (QED) is 0.853. The molecular weight excluding hydrogens is 286 g/mol. The molecule has 4 nitrogen and oxygen atoms in total. The van der Waals surface area contributed by atoms with Crippen LogP contribution in [-0.4, -0.2) is 14.8 Å². The summed E-state index contributed by atoms with van der Waals surface area (Å²) in [6.07, 6.45) is 1.87. The first-order chi connectivity index (χ1) is 10.0. The third kappa shape index (κ3) is 3.26. The van der Waals surface area contributed by atoms with Crippen LogP contribution in [0.1, 0.15) is 57.7 Å². The van der Waals surface area contributed by atoms with Crippen LogP contribution >= 0.6 is 11.6 Å². The van der Waals surface area contributed by atoms with Crippen molar-refractivity contribution in [1.29, 1.82) is 0 Å². The molecule has 21 heavy (non-hydrogen) atoms. The fourth-order valence-corrected chi connectivity index (χ4v) is 2.78. The van der Waals surface area contributed by atoms with Gasteiger partial charge in [-0.25, -0.2) is 0 Å². The van der Waals surface area contributed by atoms with E-state index in [9.17, 15) is 4.79 Å². The minimum absolute atomic E-state index is 0.0355.